The van der Waals surface area contributed by atoms with Crippen molar-refractivity contribution in [3.05, 3.63) is 24.0 Å². The maximum absolute atomic E-state index is 13.9. The van der Waals surface area contributed by atoms with Crippen molar-refractivity contribution in [3.8, 4) is 5.75 Å². The Bertz CT molecular complexity index is 505. The summed E-state index contributed by atoms with van der Waals surface area (Å²) in [5, 5.41) is 3.27. The van der Waals surface area contributed by atoms with Crippen molar-refractivity contribution in [2.45, 2.75) is 45.7 Å². The van der Waals surface area contributed by atoms with Crippen LogP contribution in [0.5, 0.6) is 5.75 Å². The van der Waals surface area contributed by atoms with Gasteiger partial charge in [-0.05, 0) is 31.9 Å². The van der Waals surface area contributed by atoms with Crippen LogP contribution in [0.25, 0.3) is 0 Å². The lowest BCUT2D eigenvalue weighted by molar-refractivity contribution is -0.121. The number of ether oxygens (including phenoxy) is 1. The van der Waals surface area contributed by atoms with Gasteiger partial charge in [-0.25, -0.2) is 4.39 Å². The Morgan fingerprint density at radius 3 is 2.86 bits per heavy atom. The third-order valence-corrected chi connectivity index (χ3v) is 3.50. The lowest BCUT2D eigenvalue weighted by atomic mass is 10.0. The molecule has 1 unspecified atom stereocenters. The van der Waals surface area contributed by atoms with Gasteiger partial charge in [0.1, 0.15) is 0 Å². The summed E-state index contributed by atoms with van der Waals surface area (Å²) >= 11 is 0. The van der Waals surface area contributed by atoms with Crippen LogP contribution < -0.4 is 15.0 Å². The minimum absolute atomic E-state index is 0.0125. The van der Waals surface area contributed by atoms with Crippen molar-refractivity contribution >= 4 is 11.6 Å². The third kappa shape index (κ3) is 3.73. The molecule has 0 spiro atoms. The van der Waals surface area contributed by atoms with Crippen LogP contribution in [-0.4, -0.2) is 31.1 Å². The summed E-state index contributed by atoms with van der Waals surface area (Å²) in [5.74, 6) is -0.192. The molecule has 116 valence electrons. The average molecular weight is 294 g/mol. The molecule has 1 amide bonds. The van der Waals surface area contributed by atoms with Gasteiger partial charge in [0, 0.05) is 24.3 Å². The van der Waals surface area contributed by atoms with E-state index in [-0.39, 0.29) is 23.7 Å². The molecule has 1 N–H and O–H groups in total. The van der Waals surface area contributed by atoms with Gasteiger partial charge in [-0.3, -0.25) is 4.79 Å². The number of hydrogen-bond donors (Lipinski definition) is 1. The number of nitrogens with one attached hydrogen (secondary N) is 1. The number of amides is 1. The molecular weight excluding hydrogens is 271 g/mol. The lowest BCUT2D eigenvalue weighted by Gasteiger charge is -2.33. The monoisotopic (exact) mass is 294 g/mol. The number of carbonyl (C=O) groups excluding carboxylic acids is 1. The first-order valence-corrected chi connectivity index (χ1v) is 7.52. The Morgan fingerprint density at radius 2 is 2.24 bits per heavy atom. The molecule has 1 aromatic rings. The SMILES string of the molecule is CCOc1ccc(N2CCCC(NC(C)C)C2=O)cc1F. The molecule has 2 rings (SSSR count). The second-order valence-electron chi connectivity index (χ2n) is 5.55. The largest absolute Gasteiger partial charge is 0.491 e. The molecule has 1 aromatic carbocycles. The van der Waals surface area contributed by atoms with E-state index in [9.17, 15) is 9.18 Å². The van der Waals surface area contributed by atoms with Gasteiger partial charge in [-0.1, -0.05) is 13.8 Å². The molecule has 1 fully saturated rings. The number of halogens is 1. The van der Waals surface area contributed by atoms with Crippen LogP contribution in [0.2, 0.25) is 0 Å². The van der Waals surface area contributed by atoms with E-state index in [0.29, 0.717) is 18.8 Å². The number of hydrogen-bond acceptors (Lipinski definition) is 3. The van der Waals surface area contributed by atoms with Gasteiger partial charge in [0.25, 0.3) is 0 Å². The van der Waals surface area contributed by atoms with Gasteiger partial charge in [-0.2, -0.15) is 0 Å². The topological polar surface area (TPSA) is 41.6 Å². The highest BCUT2D eigenvalue weighted by molar-refractivity contribution is 5.98. The Kier molecular flexibility index (Phi) is 5.17. The molecular formula is C16H23FN2O2. The van der Waals surface area contributed by atoms with Crippen molar-refractivity contribution in [2.75, 3.05) is 18.1 Å². The first-order valence-electron chi connectivity index (χ1n) is 7.52. The van der Waals surface area contributed by atoms with E-state index >= 15 is 0 Å². The van der Waals surface area contributed by atoms with Crippen molar-refractivity contribution in [2.24, 2.45) is 0 Å². The lowest BCUT2D eigenvalue weighted by Crippen LogP contribution is -2.52. The standard InChI is InChI=1S/C16H23FN2O2/c1-4-21-15-8-7-12(10-13(15)17)19-9-5-6-14(16(19)20)18-11(2)3/h7-8,10-11,14,18H,4-6,9H2,1-3H3. The Hall–Kier alpha value is -1.62. The first kappa shape index (κ1) is 15.8. The molecule has 0 aliphatic carbocycles. The number of carbonyl (C=O) groups is 1. The van der Waals surface area contributed by atoms with E-state index < -0.39 is 5.82 Å². The van der Waals surface area contributed by atoms with Gasteiger partial charge in [-0.15, -0.1) is 0 Å². The summed E-state index contributed by atoms with van der Waals surface area (Å²) in [7, 11) is 0. The molecule has 1 atom stereocenters. The minimum Gasteiger partial charge on any atom is -0.491 e. The zero-order valence-electron chi connectivity index (χ0n) is 12.9. The highest BCUT2D eigenvalue weighted by Gasteiger charge is 2.30. The second-order valence-corrected chi connectivity index (χ2v) is 5.55. The highest BCUT2D eigenvalue weighted by Crippen LogP contribution is 2.26. The van der Waals surface area contributed by atoms with E-state index in [1.165, 1.54) is 6.07 Å². The van der Waals surface area contributed by atoms with E-state index in [1.54, 1.807) is 17.0 Å². The van der Waals surface area contributed by atoms with E-state index in [2.05, 4.69) is 5.32 Å². The van der Waals surface area contributed by atoms with Crippen molar-refractivity contribution in [3.63, 3.8) is 0 Å². The zero-order valence-corrected chi connectivity index (χ0v) is 12.9. The Labute approximate surface area is 125 Å². The number of anilines is 1. The molecule has 21 heavy (non-hydrogen) atoms. The number of benzene rings is 1. The van der Waals surface area contributed by atoms with E-state index in [4.69, 9.17) is 4.74 Å². The van der Waals surface area contributed by atoms with Gasteiger partial charge >= 0.3 is 0 Å². The van der Waals surface area contributed by atoms with Gasteiger partial charge in [0.05, 0.1) is 12.6 Å². The van der Waals surface area contributed by atoms with Gasteiger partial charge in [0.2, 0.25) is 5.91 Å². The van der Waals surface area contributed by atoms with Gasteiger partial charge < -0.3 is 15.0 Å². The summed E-state index contributed by atoms with van der Waals surface area (Å²) in [6.45, 7) is 6.89. The normalized spacial score (nSPS) is 19.2. The predicted molar refractivity (Wildman–Crippen MR) is 81.2 cm³/mol. The maximum Gasteiger partial charge on any atom is 0.244 e. The molecule has 5 heteroatoms. The van der Waals surface area contributed by atoms with Crippen LogP contribution in [0, 0.1) is 5.82 Å². The Morgan fingerprint density at radius 1 is 1.48 bits per heavy atom. The Balaban J connectivity index is 2.16. The molecule has 0 bridgehead atoms. The fraction of sp³-hybridized carbons (Fsp3) is 0.562. The fourth-order valence-corrected chi connectivity index (χ4v) is 2.62. The highest BCUT2D eigenvalue weighted by atomic mass is 19.1. The van der Waals surface area contributed by atoms with Crippen molar-refractivity contribution in [1.29, 1.82) is 0 Å². The van der Waals surface area contributed by atoms with Crippen LogP contribution in [0.15, 0.2) is 18.2 Å². The molecule has 1 aliphatic heterocycles. The van der Waals surface area contributed by atoms with Gasteiger partial charge in [0.15, 0.2) is 11.6 Å². The molecule has 0 radical (unpaired) electrons. The first-order chi connectivity index (χ1) is 10.0. The second kappa shape index (κ2) is 6.89. The minimum atomic E-state index is -0.430. The third-order valence-electron chi connectivity index (χ3n) is 3.50. The van der Waals surface area contributed by atoms with Crippen LogP contribution in [0.3, 0.4) is 0 Å². The molecule has 1 aliphatic rings. The quantitative estimate of drug-likeness (QED) is 0.908. The molecule has 1 saturated heterocycles. The van der Waals surface area contributed by atoms with Crippen LogP contribution in [0.1, 0.15) is 33.6 Å². The van der Waals surface area contributed by atoms with Crippen molar-refractivity contribution in [1.82, 2.24) is 5.32 Å². The summed E-state index contributed by atoms with van der Waals surface area (Å²) in [6, 6.07) is 4.76. The van der Waals surface area contributed by atoms with Crippen LogP contribution in [0.4, 0.5) is 10.1 Å². The maximum atomic E-state index is 13.9. The summed E-state index contributed by atoms with van der Waals surface area (Å²) in [5.41, 5.74) is 0.594. The number of rotatable bonds is 5. The fourth-order valence-electron chi connectivity index (χ4n) is 2.62. The molecule has 0 saturated carbocycles. The van der Waals surface area contributed by atoms with Crippen molar-refractivity contribution < 1.29 is 13.9 Å². The number of piperidine rings is 1. The number of nitrogens with zero attached hydrogens (tertiary/aromatic N) is 1. The van der Waals surface area contributed by atoms with Crippen LogP contribution >= 0.6 is 0 Å². The summed E-state index contributed by atoms with van der Waals surface area (Å²) in [4.78, 5) is 14.1. The average Bonchev–Trinajstić information content (AvgIpc) is 2.43. The van der Waals surface area contributed by atoms with Crippen LogP contribution in [-0.2, 0) is 4.79 Å². The smallest absolute Gasteiger partial charge is 0.244 e. The zero-order chi connectivity index (χ0) is 15.4. The molecule has 0 aromatic heterocycles. The summed E-state index contributed by atoms with van der Waals surface area (Å²) in [6.07, 6.45) is 1.73. The summed E-state index contributed by atoms with van der Waals surface area (Å²) < 4.78 is 19.1. The predicted octanol–water partition coefficient (Wildman–Crippen LogP) is 2.72. The van der Waals surface area contributed by atoms with E-state index in [1.807, 2.05) is 20.8 Å². The van der Waals surface area contributed by atoms with E-state index in [0.717, 1.165) is 12.8 Å². The molecule has 4 nitrogen and oxygen atoms in total. The molecule has 1 heterocycles.